The number of ether oxygens (including phenoxy) is 1. The topological polar surface area (TPSA) is 9.23 Å². The maximum atomic E-state index is 5.17. The van der Waals surface area contributed by atoms with Gasteiger partial charge in [-0.1, -0.05) is 11.6 Å². The van der Waals surface area contributed by atoms with Gasteiger partial charge in [0, 0.05) is 6.61 Å². The van der Waals surface area contributed by atoms with Crippen molar-refractivity contribution in [2.45, 2.75) is 27.2 Å². The molecule has 1 nitrogen and oxygen atoms in total. The highest BCUT2D eigenvalue weighted by Crippen LogP contribution is 1.97. The number of hydrogen-bond donors (Lipinski definition) is 0. The van der Waals surface area contributed by atoms with Gasteiger partial charge < -0.3 is 4.74 Å². The van der Waals surface area contributed by atoms with E-state index < -0.39 is 0 Å². The zero-order valence-corrected chi connectivity index (χ0v) is 6.61. The lowest BCUT2D eigenvalue weighted by Crippen LogP contribution is -1.93. The van der Waals surface area contributed by atoms with Crippen molar-refractivity contribution in [2.75, 3.05) is 13.2 Å². The second-order valence-corrected chi connectivity index (χ2v) is 2.08. The lowest BCUT2D eigenvalue weighted by atomic mass is 10.2. The Hall–Kier alpha value is -0.300. The summed E-state index contributed by atoms with van der Waals surface area (Å²) in [6, 6.07) is 0. The Kier molecular flexibility index (Phi) is 5.64. The van der Waals surface area contributed by atoms with E-state index in [1.807, 2.05) is 6.92 Å². The van der Waals surface area contributed by atoms with Gasteiger partial charge in [-0.15, -0.1) is 0 Å². The largest absolute Gasteiger partial charge is 0.381 e. The third-order valence-electron chi connectivity index (χ3n) is 1.34. The van der Waals surface area contributed by atoms with Crippen LogP contribution in [0.4, 0.5) is 0 Å². The Morgan fingerprint density at radius 3 is 2.67 bits per heavy atom. The van der Waals surface area contributed by atoms with Crippen LogP contribution in [0.5, 0.6) is 0 Å². The average Bonchev–Trinajstić information content (AvgIpc) is 1.89. The fraction of sp³-hybridized carbons (Fsp3) is 0.750. The van der Waals surface area contributed by atoms with Crippen molar-refractivity contribution in [3.8, 4) is 0 Å². The molecule has 0 saturated carbocycles. The molecule has 0 bridgehead atoms. The van der Waals surface area contributed by atoms with Gasteiger partial charge >= 0.3 is 0 Å². The van der Waals surface area contributed by atoms with E-state index >= 15 is 0 Å². The van der Waals surface area contributed by atoms with Crippen LogP contribution in [0.1, 0.15) is 27.2 Å². The standard InChI is InChI=1S/C8H16O/c1-4-8(3)6-7-9-5-2/h4H,5-7H2,1-3H3/b8-4+. The summed E-state index contributed by atoms with van der Waals surface area (Å²) in [6.07, 6.45) is 3.20. The van der Waals surface area contributed by atoms with Crippen molar-refractivity contribution < 1.29 is 4.74 Å². The van der Waals surface area contributed by atoms with Crippen LogP contribution < -0.4 is 0 Å². The van der Waals surface area contributed by atoms with Crippen molar-refractivity contribution in [2.24, 2.45) is 0 Å². The lowest BCUT2D eigenvalue weighted by molar-refractivity contribution is 0.151. The van der Waals surface area contributed by atoms with Crippen LogP contribution in [0.15, 0.2) is 11.6 Å². The second kappa shape index (κ2) is 5.83. The minimum Gasteiger partial charge on any atom is -0.381 e. The molecule has 0 heterocycles. The Bertz CT molecular complexity index is 84.6. The van der Waals surface area contributed by atoms with Gasteiger partial charge in [0.25, 0.3) is 0 Å². The molecule has 0 spiro atoms. The van der Waals surface area contributed by atoms with Crippen molar-refractivity contribution in [1.29, 1.82) is 0 Å². The van der Waals surface area contributed by atoms with Crippen molar-refractivity contribution >= 4 is 0 Å². The molecule has 0 rings (SSSR count). The van der Waals surface area contributed by atoms with Gasteiger partial charge in [0.2, 0.25) is 0 Å². The molecule has 0 radical (unpaired) electrons. The van der Waals surface area contributed by atoms with E-state index in [0.717, 1.165) is 19.6 Å². The van der Waals surface area contributed by atoms with E-state index in [1.54, 1.807) is 0 Å². The lowest BCUT2D eigenvalue weighted by Gasteiger charge is -1.99. The molecule has 0 N–H and O–H groups in total. The molecule has 0 atom stereocenters. The first-order chi connectivity index (χ1) is 4.31. The summed E-state index contributed by atoms with van der Waals surface area (Å²) in [5.41, 5.74) is 1.41. The van der Waals surface area contributed by atoms with Gasteiger partial charge in [0.1, 0.15) is 0 Å². The Balaban J connectivity index is 3.07. The molecule has 0 aromatic carbocycles. The molecule has 0 amide bonds. The van der Waals surface area contributed by atoms with Crippen LogP contribution in [0.2, 0.25) is 0 Å². The van der Waals surface area contributed by atoms with Gasteiger partial charge in [0.15, 0.2) is 0 Å². The predicted octanol–water partition coefficient (Wildman–Crippen LogP) is 2.38. The number of rotatable bonds is 4. The minimum atomic E-state index is 0.830. The Morgan fingerprint density at radius 2 is 2.22 bits per heavy atom. The highest BCUT2D eigenvalue weighted by molar-refractivity contribution is 4.94. The van der Waals surface area contributed by atoms with Crippen molar-refractivity contribution in [3.63, 3.8) is 0 Å². The predicted molar refractivity (Wildman–Crippen MR) is 40.5 cm³/mol. The second-order valence-electron chi connectivity index (χ2n) is 2.08. The first-order valence-electron chi connectivity index (χ1n) is 3.50. The van der Waals surface area contributed by atoms with Gasteiger partial charge in [-0.2, -0.15) is 0 Å². The minimum absolute atomic E-state index is 0.830. The Labute approximate surface area is 57.7 Å². The van der Waals surface area contributed by atoms with Crippen LogP contribution in [0.25, 0.3) is 0 Å². The van der Waals surface area contributed by atoms with E-state index in [2.05, 4.69) is 19.9 Å². The molecule has 0 aromatic rings. The summed E-state index contributed by atoms with van der Waals surface area (Å²) in [7, 11) is 0. The fourth-order valence-electron chi connectivity index (χ4n) is 0.522. The molecular formula is C8H16O. The van der Waals surface area contributed by atoms with E-state index in [1.165, 1.54) is 5.57 Å². The maximum absolute atomic E-state index is 5.17. The van der Waals surface area contributed by atoms with Crippen molar-refractivity contribution in [1.82, 2.24) is 0 Å². The summed E-state index contributed by atoms with van der Waals surface area (Å²) in [6.45, 7) is 7.90. The third kappa shape index (κ3) is 5.57. The van der Waals surface area contributed by atoms with Gasteiger partial charge in [-0.05, 0) is 27.2 Å². The molecular weight excluding hydrogens is 112 g/mol. The van der Waals surface area contributed by atoms with Crippen LogP contribution in [-0.4, -0.2) is 13.2 Å². The monoisotopic (exact) mass is 128 g/mol. The molecule has 54 valence electrons. The maximum Gasteiger partial charge on any atom is 0.0502 e. The van der Waals surface area contributed by atoms with Crippen LogP contribution in [-0.2, 0) is 4.74 Å². The first kappa shape index (κ1) is 8.70. The van der Waals surface area contributed by atoms with E-state index in [9.17, 15) is 0 Å². The van der Waals surface area contributed by atoms with Gasteiger partial charge in [-0.25, -0.2) is 0 Å². The summed E-state index contributed by atoms with van der Waals surface area (Å²) in [5, 5.41) is 0. The molecule has 0 aliphatic carbocycles. The van der Waals surface area contributed by atoms with Crippen LogP contribution >= 0.6 is 0 Å². The highest BCUT2D eigenvalue weighted by atomic mass is 16.5. The van der Waals surface area contributed by atoms with E-state index in [0.29, 0.717) is 0 Å². The molecule has 0 fully saturated rings. The molecule has 0 aliphatic rings. The fourth-order valence-corrected chi connectivity index (χ4v) is 0.522. The highest BCUT2D eigenvalue weighted by Gasteiger charge is 1.85. The molecule has 9 heavy (non-hydrogen) atoms. The molecule has 1 heteroatoms. The normalized spacial score (nSPS) is 12.1. The summed E-state index contributed by atoms with van der Waals surface area (Å²) >= 11 is 0. The average molecular weight is 128 g/mol. The quantitative estimate of drug-likeness (QED) is 0.417. The van der Waals surface area contributed by atoms with E-state index in [-0.39, 0.29) is 0 Å². The van der Waals surface area contributed by atoms with Gasteiger partial charge in [-0.3, -0.25) is 0 Å². The smallest absolute Gasteiger partial charge is 0.0502 e. The summed E-state index contributed by atoms with van der Waals surface area (Å²) in [5.74, 6) is 0. The SMILES string of the molecule is C/C=C(\C)CCOCC. The first-order valence-corrected chi connectivity index (χ1v) is 3.50. The zero-order chi connectivity index (χ0) is 7.11. The molecule has 0 saturated heterocycles. The van der Waals surface area contributed by atoms with Gasteiger partial charge in [0.05, 0.1) is 6.61 Å². The summed E-state index contributed by atoms with van der Waals surface area (Å²) < 4.78 is 5.17. The molecule has 0 aliphatic heterocycles. The number of hydrogen-bond acceptors (Lipinski definition) is 1. The Morgan fingerprint density at radius 1 is 1.56 bits per heavy atom. The summed E-state index contributed by atoms with van der Waals surface area (Å²) in [4.78, 5) is 0. The zero-order valence-electron chi connectivity index (χ0n) is 6.61. The number of allylic oxidation sites excluding steroid dienone is 1. The van der Waals surface area contributed by atoms with Crippen LogP contribution in [0, 0.1) is 0 Å². The van der Waals surface area contributed by atoms with Crippen molar-refractivity contribution in [3.05, 3.63) is 11.6 Å². The molecule has 0 aromatic heterocycles. The third-order valence-corrected chi connectivity index (χ3v) is 1.34. The van der Waals surface area contributed by atoms with Crippen LogP contribution in [0.3, 0.4) is 0 Å². The van der Waals surface area contributed by atoms with E-state index in [4.69, 9.17) is 4.74 Å². The molecule has 0 unspecified atom stereocenters.